The van der Waals surface area contributed by atoms with E-state index < -0.39 is 0 Å². The molecule has 1 heteroatoms. The molecule has 0 N–H and O–H groups in total. The first kappa shape index (κ1) is 10.0. The molecule has 0 amide bonds. The van der Waals surface area contributed by atoms with E-state index in [0.717, 1.165) is 18.8 Å². The van der Waals surface area contributed by atoms with Gasteiger partial charge in [-0.15, -0.1) is 18.2 Å². The van der Waals surface area contributed by atoms with E-state index in [1.807, 2.05) is 13.0 Å². The van der Waals surface area contributed by atoms with Gasteiger partial charge in [0.05, 0.1) is 0 Å². The average Bonchev–Trinajstić information content (AvgIpc) is 1.82. The van der Waals surface area contributed by atoms with Gasteiger partial charge >= 0.3 is 0 Å². The number of alkyl halides is 1. The van der Waals surface area contributed by atoms with Crippen LogP contribution in [0.5, 0.6) is 0 Å². The molecule has 2 atom stereocenters. The van der Waals surface area contributed by atoms with Crippen molar-refractivity contribution in [2.75, 3.05) is 0 Å². The van der Waals surface area contributed by atoms with Gasteiger partial charge in [0.2, 0.25) is 0 Å². The molecule has 0 saturated heterocycles. The van der Waals surface area contributed by atoms with Gasteiger partial charge in [-0.1, -0.05) is 13.0 Å². The molecule has 0 fully saturated rings. The summed E-state index contributed by atoms with van der Waals surface area (Å²) in [5.41, 5.74) is 0. The SMILES string of the molecule is C=CCCC(C)CC(C)Cl. The molecule has 60 valence electrons. The van der Waals surface area contributed by atoms with Gasteiger partial charge in [0.25, 0.3) is 0 Å². The van der Waals surface area contributed by atoms with Gasteiger partial charge in [0, 0.05) is 5.38 Å². The minimum Gasteiger partial charge on any atom is -0.123 e. The first-order chi connectivity index (χ1) is 4.66. The summed E-state index contributed by atoms with van der Waals surface area (Å²) in [5.74, 6) is 0.741. The fourth-order valence-electron chi connectivity index (χ4n) is 1.07. The van der Waals surface area contributed by atoms with Crippen molar-refractivity contribution in [1.29, 1.82) is 0 Å². The fraction of sp³-hybridized carbons (Fsp3) is 0.778. The summed E-state index contributed by atoms with van der Waals surface area (Å²) >= 11 is 5.83. The third kappa shape index (κ3) is 6.15. The zero-order valence-electron chi connectivity index (χ0n) is 6.94. The van der Waals surface area contributed by atoms with Crippen molar-refractivity contribution in [1.82, 2.24) is 0 Å². The van der Waals surface area contributed by atoms with Crippen LogP contribution < -0.4 is 0 Å². The third-order valence-corrected chi connectivity index (χ3v) is 1.77. The second-order valence-corrected chi connectivity index (χ2v) is 3.73. The highest BCUT2D eigenvalue weighted by molar-refractivity contribution is 6.20. The van der Waals surface area contributed by atoms with Crippen LogP contribution in [0.2, 0.25) is 0 Å². The average molecular weight is 161 g/mol. The Morgan fingerprint density at radius 3 is 2.50 bits per heavy atom. The smallest absolute Gasteiger partial charge is 0.0310 e. The first-order valence-electron chi connectivity index (χ1n) is 3.91. The van der Waals surface area contributed by atoms with Gasteiger partial charge in [0.1, 0.15) is 0 Å². The lowest BCUT2D eigenvalue weighted by atomic mass is 10.0. The Balaban J connectivity index is 3.24. The van der Waals surface area contributed by atoms with E-state index in [1.54, 1.807) is 0 Å². The van der Waals surface area contributed by atoms with Gasteiger partial charge in [0.15, 0.2) is 0 Å². The summed E-state index contributed by atoms with van der Waals surface area (Å²) in [6, 6.07) is 0. The Morgan fingerprint density at radius 2 is 2.10 bits per heavy atom. The summed E-state index contributed by atoms with van der Waals surface area (Å²) in [4.78, 5) is 0. The highest BCUT2D eigenvalue weighted by atomic mass is 35.5. The van der Waals surface area contributed by atoms with E-state index in [4.69, 9.17) is 11.6 Å². The Bertz CT molecular complexity index is 86.7. The van der Waals surface area contributed by atoms with E-state index >= 15 is 0 Å². The number of halogens is 1. The fourth-order valence-corrected chi connectivity index (χ4v) is 1.38. The van der Waals surface area contributed by atoms with E-state index in [0.29, 0.717) is 5.38 Å². The zero-order valence-corrected chi connectivity index (χ0v) is 7.69. The Morgan fingerprint density at radius 1 is 1.50 bits per heavy atom. The summed E-state index contributed by atoms with van der Waals surface area (Å²) in [5, 5.41) is 0.319. The molecule has 0 rings (SSSR count). The lowest BCUT2D eigenvalue weighted by molar-refractivity contribution is 0.494. The van der Waals surface area contributed by atoms with Crippen molar-refractivity contribution in [2.45, 2.75) is 38.5 Å². The molecule has 0 radical (unpaired) electrons. The van der Waals surface area contributed by atoms with Crippen LogP contribution >= 0.6 is 11.6 Å². The quantitative estimate of drug-likeness (QED) is 0.426. The van der Waals surface area contributed by atoms with Crippen LogP contribution in [0, 0.1) is 5.92 Å². The molecule has 0 saturated carbocycles. The molecule has 0 nitrogen and oxygen atoms in total. The topological polar surface area (TPSA) is 0 Å². The standard InChI is InChI=1S/C9H17Cl/c1-4-5-6-8(2)7-9(3)10/h4,8-9H,1,5-7H2,2-3H3. The molecule has 0 aliphatic heterocycles. The van der Waals surface area contributed by atoms with Crippen molar-refractivity contribution < 1.29 is 0 Å². The minimum absolute atomic E-state index is 0.319. The van der Waals surface area contributed by atoms with Crippen LogP contribution in [0.25, 0.3) is 0 Å². The van der Waals surface area contributed by atoms with Crippen LogP contribution in [-0.4, -0.2) is 5.38 Å². The monoisotopic (exact) mass is 160 g/mol. The Kier molecular flexibility index (Phi) is 5.81. The van der Waals surface area contributed by atoms with Gasteiger partial charge in [-0.25, -0.2) is 0 Å². The van der Waals surface area contributed by atoms with Crippen LogP contribution in [0.1, 0.15) is 33.1 Å². The summed E-state index contributed by atoms with van der Waals surface area (Å²) < 4.78 is 0. The minimum atomic E-state index is 0.319. The summed E-state index contributed by atoms with van der Waals surface area (Å²) in [7, 11) is 0. The molecule has 0 bridgehead atoms. The summed E-state index contributed by atoms with van der Waals surface area (Å²) in [6.45, 7) is 7.96. The molecule has 0 aliphatic rings. The highest BCUT2D eigenvalue weighted by Crippen LogP contribution is 2.15. The molecular formula is C9H17Cl. The molecule has 0 aromatic heterocycles. The van der Waals surface area contributed by atoms with Gasteiger partial charge in [-0.05, 0) is 32.1 Å². The van der Waals surface area contributed by atoms with Crippen LogP contribution in [0.3, 0.4) is 0 Å². The van der Waals surface area contributed by atoms with Crippen molar-refractivity contribution in [3.63, 3.8) is 0 Å². The van der Waals surface area contributed by atoms with E-state index in [1.165, 1.54) is 6.42 Å². The van der Waals surface area contributed by atoms with E-state index in [2.05, 4.69) is 13.5 Å². The molecule has 0 aromatic carbocycles. The molecular weight excluding hydrogens is 144 g/mol. The second kappa shape index (κ2) is 5.79. The van der Waals surface area contributed by atoms with E-state index in [-0.39, 0.29) is 0 Å². The van der Waals surface area contributed by atoms with Crippen molar-refractivity contribution in [3.8, 4) is 0 Å². The summed E-state index contributed by atoms with van der Waals surface area (Å²) in [6.07, 6.45) is 5.43. The van der Waals surface area contributed by atoms with Gasteiger partial charge < -0.3 is 0 Å². The van der Waals surface area contributed by atoms with Crippen molar-refractivity contribution >= 4 is 11.6 Å². The van der Waals surface area contributed by atoms with Gasteiger partial charge in [-0.2, -0.15) is 0 Å². The van der Waals surface area contributed by atoms with Gasteiger partial charge in [-0.3, -0.25) is 0 Å². The number of hydrogen-bond acceptors (Lipinski definition) is 0. The van der Waals surface area contributed by atoms with E-state index in [9.17, 15) is 0 Å². The number of hydrogen-bond donors (Lipinski definition) is 0. The number of rotatable bonds is 5. The first-order valence-corrected chi connectivity index (χ1v) is 4.35. The normalized spacial score (nSPS) is 16.3. The van der Waals surface area contributed by atoms with Crippen LogP contribution in [0.4, 0.5) is 0 Å². The molecule has 2 unspecified atom stereocenters. The molecule has 10 heavy (non-hydrogen) atoms. The number of allylic oxidation sites excluding steroid dienone is 1. The molecule has 0 aliphatic carbocycles. The zero-order chi connectivity index (χ0) is 7.98. The third-order valence-electron chi connectivity index (χ3n) is 1.59. The molecule has 0 heterocycles. The predicted molar refractivity (Wildman–Crippen MR) is 48.5 cm³/mol. The maximum atomic E-state index is 5.83. The Labute approximate surface area is 69.3 Å². The highest BCUT2D eigenvalue weighted by Gasteiger charge is 2.04. The molecule has 0 spiro atoms. The lowest BCUT2D eigenvalue weighted by Crippen LogP contribution is -2.01. The van der Waals surface area contributed by atoms with Crippen LogP contribution in [-0.2, 0) is 0 Å². The Hall–Kier alpha value is 0.0300. The predicted octanol–water partition coefficient (Wildman–Crippen LogP) is 3.61. The largest absolute Gasteiger partial charge is 0.123 e. The maximum absolute atomic E-state index is 5.83. The van der Waals surface area contributed by atoms with Crippen molar-refractivity contribution in [2.24, 2.45) is 5.92 Å². The lowest BCUT2D eigenvalue weighted by Gasteiger charge is -2.10. The second-order valence-electron chi connectivity index (χ2n) is 2.99. The maximum Gasteiger partial charge on any atom is 0.0310 e. The van der Waals surface area contributed by atoms with Crippen molar-refractivity contribution in [3.05, 3.63) is 12.7 Å². The molecule has 0 aromatic rings. The van der Waals surface area contributed by atoms with Crippen LogP contribution in [0.15, 0.2) is 12.7 Å².